The Morgan fingerprint density at radius 3 is 2.46 bits per heavy atom. The molecule has 0 aliphatic carbocycles. The van der Waals surface area contributed by atoms with E-state index >= 15 is 0 Å². The highest BCUT2D eigenvalue weighted by Crippen LogP contribution is 2.26. The van der Waals surface area contributed by atoms with E-state index in [4.69, 9.17) is 11.6 Å². The summed E-state index contributed by atoms with van der Waals surface area (Å²) in [5, 5.41) is 0.126. The monoisotopic (exact) mass is 508 g/mol. The van der Waals surface area contributed by atoms with E-state index in [1.54, 1.807) is 11.7 Å². The molecule has 0 amide bonds. The molecule has 1 aromatic carbocycles. The third-order valence-corrected chi connectivity index (χ3v) is 6.87. The lowest BCUT2D eigenvalue weighted by atomic mass is 9.91. The smallest absolute Gasteiger partial charge is 0.406 e. The number of hydrogen-bond acceptors (Lipinski definition) is 4. The normalized spacial score (nSPS) is 15.5. The molecule has 2 aromatic heterocycles. The fourth-order valence-corrected chi connectivity index (χ4v) is 4.89. The maximum absolute atomic E-state index is 12.8. The molecule has 1 fully saturated rings. The van der Waals surface area contributed by atoms with E-state index in [0.717, 1.165) is 44.5 Å². The molecule has 0 radical (unpaired) electrons. The largest absolute Gasteiger partial charge is 0.573 e. The number of likely N-dealkylation sites (tertiary alicyclic amines) is 1. The van der Waals surface area contributed by atoms with Gasteiger partial charge in [-0.2, -0.15) is 0 Å². The summed E-state index contributed by atoms with van der Waals surface area (Å²) in [6.07, 6.45) is 2.54. The first-order valence-corrected chi connectivity index (χ1v) is 12.0. The number of benzene rings is 1. The van der Waals surface area contributed by atoms with Gasteiger partial charge in [0.25, 0.3) is 5.56 Å². The summed E-state index contributed by atoms with van der Waals surface area (Å²) in [6, 6.07) is 11.2. The van der Waals surface area contributed by atoms with Gasteiger partial charge in [-0.1, -0.05) is 17.7 Å². The second-order valence-corrected chi connectivity index (χ2v) is 9.25. The molecule has 3 heterocycles. The zero-order chi connectivity index (χ0) is 25.0. The number of hydrogen-bond donors (Lipinski definition) is 0. The van der Waals surface area contributed by atoms with Crippen LogP contribution in [0.5, 0.6) is 5.75 Å². The number of alkyl halides is 3. The summed E-state index contributed by atoms with van der Waals surface area (Å²) < 4.78 is 44.2. The standard InChI is InChI=1S/C25H28ClF3N4O2/c1-31-22(17-32-15-12-18(13-16-32)5-4-7-19-6-2-3-14-30-19)23(26)24(34)33(31)20-8-10-21(11-9-20)35-25(27,28)29/h2-3,6,8-11,14,18H,4-5,7,12-13,15-17H2,1H3. The van der Waals surface area contributed by atoms with Crippen molar-refractivity contribution in [3.63, 3.8) is 0 Å². The predicted molar refractivity (Wildman–Crippen MR) is 128 cm³/mol. The molecule has 1 aliphatic heterocycles. The molecule has 0 bridgehead atoms. The van der Waals surface area contributed by atoms with Crippen LogP contribution in [0.2, 0.25) is 5.02 Å². The van der Waals surface area contributed by atoms with Crippen LogP contribution in [-0.2, 0) is 20.0 Å². The van der Waals surface area contributed by atoms with Crippen molar-refractivity contribution in [3.8, 4) is 11.4 Å². The van der Waals surface area contributed by atoms with Crippen molar-refractivity contribution in [2.75, 3.05) is 13.1 Å². The minimum absolute atomic E-state index is 0.126. The number of aryl methyl sites for hydroxylation is 1. The Bertz CT molecular complexity index is 1170. The summed E-state index contributed by atoms with van der Waals surface area (Å²) in [7, 11) is 1.73. The molecule has 35 heavy (non-hydrogen) atoms. The van der Waals surface area contributed by atoms with E-state index < -0.39 is 11.9 Å². The highest BCUT2D eigenvalue weighted by Gasteiger charge is 2.31. The Kier molecular flexibility index (Phi) is 7.86. The van der Waals surface area contributed by atoms with E-state index in [0.29, 0.717) is 23.8 Å². The molecule has 0 atom stereocenters. The lowest BCUT2D eigenvalue weighted by molar-refractivity contribution is -0.274. The van der Waals surface area contributed by atoms with E-state index in [9.17, 15) is 18.0 Å². The Labute approximate surface area is 206 Å². The zero-order valence-corrected chi connectivity index (χ0v) is 20.2. The highest BCUT2D eigenvalue weighted by atomic mass is 35.5. The fourth-order valence-electron chi connectivity index (χ4n) is 4.63. The summed E-state index contributed by atoms with van der Waals surface area (Å²) in [5.41, 5.74) is 1.82. The third-order valence-electron chi connectivity index (χ3n) is 6.49. The van der Waals surface area contributed by atoms with Crippen LogP contribution in [0, 0.1) is 5.92 Å². The minimum atomic E-state index is -4.77. The highest BCUT2D eigenvalue weighted by molar-refractivity contribution is 6.31. The lowest BCUT2D eigenvalue weighted by Crippen LogP contribution is -2.34. The fraction of sp³-hybridized carbons (Fsp3) is 0.440. The number of aromatic nitrogens is 3. The van der Waals surface area contributed by atoms with Crippen LogP contribution in [0.1, 0.15) is 37.1 Å². The summed E-state index contributed by atoms with van der Waals surface area (Å²) in [4.78, 5) is 19.5. The van der Waals surface area contributed by atoms with Crippen molar-refractivity contribution in [1.29, 1.82) is 0 Å². The number of piperidine rings is 1. The first-order chi connectivity index (χ1) is 16.7. The Balaban J connectivity index is 1.35. The predicted octanol–water partition coefficient (Wildman–Crippen LogP) is 5.36. The van der Waals surface area contributed by atoms with Gasteiger partial charge in [0.1, 0.15) is 10.8 Å². The Hall–Kier alpha value is -2.78. The molecular formula is C25H28ClF3N4O2. The first-order valence-electron chi connectivity index (χ1n) is 11.7. The van der Waals surface area contributed by atoms with Gasteiger partial charge in [0.15, 0.2) is 0 Å². The summed E-state index contributed by atoms with van der Waals surface area (Å²) >= 11 is 6.40. The van der Waals surface area contributed by atoms with Gasteiger partial charge in [0.05, 0.1) is 11.4 Å². The molecule has 6 nitrogen and oxygen atoms in total. The molecule has 1 saturated heterocycles. The molecule has 4 rings (SSSR count). The van der Waals surface area contributed by atoms with Gasteiger partial charge in [-0.05, 0) is 87.5 Å². The van der Waals surface area contributed by atoms with Gasteiger partial charge in [0.2, 0.25) is 0 Å². The molecular weight excluding hydrogens is 481 g/mol. The molecule has 0 saturated carbocycles. The van der Waals surface area contributed by atoms with Crippen molar-refractivity contribution in [3.05, 3.63) is 75.4 Å². The van der Waals surface area contributed by atoms with Crippen LogP contribution in [-0.4, -0.2) is 38.7 Å². The van der Waals surface area contributed by atoms with Gasteiger partial charge in [-0.25, -0.2) is 4.68 Å². The van der Waals surface area contributed by atoms with Crippen LogP contribution in [0.4, 0.5) is 13.2 Å². The number of rotatable bonds is 8. The van der Waals surface area contributed by atoms with Gasteiger partial charge in [-0.3, -0.25) is 19.4 Å². The Morgan fingerprint density at radius 2 is 1.83 bits per heavy atom. The second kappa shape index (κ2) is 10.9. The molecule has 0 spiro atoms. The summed E-state index contributed by atoms with van der Waals surface area (Å²) in [5.74, 6) is 0.328. The molecule has 1 aliphatic rings. The van der Waals surface area contributed by atoms with E-state index in [2.05, 4.69) is 20.7 Å². The molecule has 0 unspecified atom stereocenters. The van der Waals surface area contributed by atoms with Gasteiger partial charge < -0.3 is 4.74 Å². The second-order valence-electron chi connectivity index (χ2n) is 8.88. The van der Waals surface area contributed by atoms with Crippen molar-refractivity contribution in [1.82, 2.24) is 19.2 Å². The maximum Gasteiger partial charge on any atom is 0.573 e. The number of nitrogens with zero attached hydrogens (tertiary/aromatic N) is 4. The lowest BCUT2D eigenvalue weighted by Gasteiger charge is -2.32. The van der Waals surface area contributed by atoms with E-state index in [-0.39, 0.29) is 10.8 Å². The maximum atomic E-state index is 12.8. The number of ether oxygens (including phenoxy) is 1. The van der Waals surface area contributed by atoms with E-state index in [1.807, 2.05) is 18.3 Å². The third kappa shape index (κ3) is 6.46. The molecule has 0 N–H and O–H groups in total. The topological polar surface area (TPSA) is 52.3 Å². The SMILES string of the molecule is Cn1c(CN2CCC(CCCc3ccccn3)CC2)c(Cl)c(=O)n1-c1ccc(OC(F)(F)F)cc1. The van der Waals surface area contributed by atoms with E-state index in [1.165, 1.54) is 35.4 Å². The Morgan fingerprint density at radius 1 is 1.11 bits per heavy atom. The average molecular weight is 509 g/mol. The number of pyridine rings is 1. The van der Waals surface area contributed by atoms with Gasteiger partial charge in [-0.15, -0.1) is 13.2 Å². The van der Waals surface area contributed by atoms with Gasteiger partial charge >= 0.3 is 6.36 Å². The zero-order valence-electron chi connectivity index (χ0n) is 19.5. The van der Waals surface area contributed by atoms with Crippen LogP contribution < -0.4 is 10.3 Å². The molecule has 10 heteroatoms. The van der Waals surface area contributed by atoms with Crippen molar-refractivity contribution < 1.29 is 17.9 Å². The van der Waals surface area contributed by atoms with Gasteiger partial charge in [0, 0.05) is 25.5 Å². The average Bonchev–Trinajstić information content (AvgIpc) is 3.03. The van der Waals surface area contributed by atoms with Crippen molar-refractivity contribution >= 4 is 11.6 Å². The van der Waals surface area contributed by atoms with Crippen LogP contribution >= 0.6 is 11.6 Å². The van der Waals surface area contributed by atoms with Crippen molar-refractivity contribution in [2.24, 2.45) is 13.0 Å². The molecule has 3 aromatic rings. The van der Waals surface area contributed by atoms with Crippen LogP contribution in [0.15, 0.2) is 53.5 Å². The van der Waals surface area contributed by atoms with Crippen LogP contribution in [0.3, 0.4) is 0 Å². The quantitative estimate of drug-likeness (QED) is 0.411. The first kappa shape index (κ1) is 25.3. The van der Waals surface area contributed by atoms with Crippen molar-refractivity contribution in [2.45, 2.75) is 45.0 Å². The minimum Gasteiger partial charge on any atom is -0.406 e. The van der Waals surface area contributed by atoms with Crippen LogP contribution in [0.25, 0.3) is 5.69 Å². The molecule has 188 valence electrons. The summed E-state index contributed by atoms with van der Waals surface area (Å²) in [6.45, 7) is 2.38. The number of halogens is 4.